The van der Waals surface area contributed by atoms with Gasteiger partial charge in [-0.3, -0.25) is 0 Å². The molecule has 0 N–H and O–H groups in total. The van der Waals surface area contributed by atoms with E-state index in [0.717, 1.165) is 29.5 Å². The molecule has 0 spiro atoms. The predicted octanol–water partition coefficient (Wildman–Crippen LogP) is 5.09. The lowest BCUT2D eigenvalue weighted by Crippen LogP contribution is -2.10. The number of rotatable bonds is 9. The molecule has 0 saturated carbocycles. The molecule has 0 amide bonds. The van der Waals surface area contributed by atoms with Gasteiger partial charge in [-0.05, 0) is 49.2 Å². The van der Waals surface area contributed by atoms with Gasteiger partial charge >= 0.3 is 11.6 Å². The second-order valence-corrected chi connectivity index (χ2v) is 6.85. The number of fused-ring (bicyclic) bond motifs is 1. The second-order valence-electron chi connectivity index (χ2n) is 6.85. The molecule has 2 aromatic carbocycles. The third kappa shape index (κ3) is 5.29. The van der Waals surface area contributed by atoms with E-state index < -0.39 is 11.6 Å². The van der Waals surface area contributed by atoms with Crippen LogP contribution in [0.5, 0.6) is 11.5 Å². The Morgan fingerprint density at radius 3 is 2.47 bits per heavy atom. The first-order valence-electron chi connectivity index (χ1n) is 9.74. The molecule has 6 heteroatoms. The molecule has 0 saturated heterocycles. The lowest BCUT2D eigenvalue weighted by Gasteiger charge is -2.09. The average molecular weight is 408 g/mol. The first-order valence-corrected chi connectivity index (χ1v) is 9.74. The van der Waals surface area contributed by atoms with Crippen LogP contribution in [-0.2, 0) is 9.53 Å². The minimum absolute atomic E-state index is 0.258. The van der Waals surface area contributed by atoms with Crippen molar-refractivity contribution in [3.8, 4) is 22.6 Å². The molecular formula is C24H24O6. The molecule has 3 rings (SSSR count). The Morgan fingerprint density at radius 2 is 1.77 bits per heavy atom. The normalized spacial score (nSPS) is 10.6. The summed E-state index contributed by atoms with van der Waals surface area (Å²) in [7, 11) is 0. The van der Waals surface area contributed by atoms with E-state index >= 15 is 0 Å². The molecule has 6 nitrogen and oxygen atoms in total. The second kappa shape index (κ2) is 9.78. The molecule has 0 fully saturated rings. The maximum atomic E-state index is 12.5. The van der Waals surface area contributed by atoms with Gasteiger partial charge in [0.2, 0.25) is 6.79 Å². The van der Waals surface area contributed by atoms with Crippen LogP contribution in [0.15, 0.2) is 69.9 Å². The Labute approximate surface area is 174 Å². The molecular weight excluding hydrogens is 384 g/mol. The zero-order valence-electron chi connectivity index (χ0n) is 17.1. The number of hydrogen-bond donors (Lipinski definition) is 0. The van der Waals surface area contributed by atoms with Gasteiger partial charge in [-0.15, -0.1) is 0 Å². The topological polar surface area (TPSA) is 75.0 Å². The van der Waals surface area contributed by atoms with Gasteiger partial charge in [0.1, 0.15) is 17.1 Å². The fourth-order valence-corrected chi connectivity index (χ4v) is 2.72. The maximum absolute atomic E-state index is 12.5. The summed E-state index contributed by atoms with van der Waals surface area (Å²) in [5.41, 5.74) is 1.43. The van der Waals surface area contributed by atoms with E-state index in [9.17, 15) is 9.59 Å². The third-order valence-corrected chi connectivity index (χ3v) is 4.40. The summed E-state index contributed by atoms with van der Waals surface area (Å²) in [5.74, 6) is 0.654. The fraction of sp³-hybridized carbons (Fsp3) is 0.250. The van der Waals surface area contributed by atoms with E-state index in [4.69, 9.17) is 18.6 Å². The van der Waals surface area contributed by atoms with Crippen LogP contribution in [0, 0.1) is 0 Å². The molecule has 0 radical (unpaired) electrons. The molecule has 0 unspecified atom stereocenters. The van der Waals surface area contributed by atoms with Crippen molar-refractivity contribution < 1.29 is 23.4 Å². The summed E-state index contributed by atoms with van der Waals surface area (Å²) in [6, 6.07) is 14.2. The van der Waals surface area contributed by atoms with Crippen LogP contribution in [0.25, 0.3) is 22.1 Å². The molecule has 0 aliphatic heterocycles. The van der Waals surface area contributed by atoms with Crippen molar-refractivity contribution in [2.24, 2.45) is 0 Å². The summed E-state index contributed by atoms with van der Waals surface area (Å²) < 4.78 is 21.4. The highest BCUT2D eigenvalue weighted by Gasteiger charge is 2.10. The van der Waals surface area contributed by atoms with Gasteiger partial charge in [0.15, 0.2) is 0 Å². The van der Waals surface area contributed by atoms with E-state index in [-0.39, 0.29) is 12.4 Å². The standard InChI is InChI=1S/C24H24O6/c1-4-5-12-27-19-9-6-17(7-10-19)21-13-18-8-11-20(14-22(18)30-24(21)26)28-15-29-23(25)16(2)3/h6-11,13-14H,2,4-5,12,15H2,1,3H3. The Kier molecular flexibility index (Phi) is 6.91. The number of hydrogen-bond acceptors (Lipinski definition) is 6. The van der Waals surface area contributed by atoms with Crippen molar-refractivity contribution in [2.45, 2.75) is 26.7 Å². The van der Waals surface area contributed by atoms with Crippen LogP contribution in [-0.4, -0.2) is 19.4 Å². The van der Waals surface area contributed by atoms with Crippen LogP contribution in [0.3, 0.4) is 0 Å². The third-order valence-electron chi connectivity index (χ3n) is 4.40. The Balaban J connectivity index is 1.75. The number of ether oxygens (including phenoxy) is 3. The van der Waals surface area contributed by atoms with Crippen LogP contribution < -0.4 is 15.1 Å². The maximum Gasteiger partial charge on any atom is 0.344 e. The van der Waals surface area contributed by atoms with Gasteiger partial charge in [-0.2, -0.15) is 0 Å². The summed E-state index contributed by atoms with van der Waals surface area (Å²) in [6.07, 6.45) is 2.07. The quantitative estimate of drug-likeness (QED) is 0.161. The van der Waals surface area contributed by atoms with E-state index in [2.05, 4.69) is 13.5 Å². The molecule has 0 atom stereocenters. The predicted molar refractivity (Wildman–Crippen MR) is 115 cm³/mol. The van der Waals surface area contributed by atoms with Crippen molar-refractivity contribution in [2.75, 3.05) is 13.4 Å². The number of benzene rings is 2. The van der Waals surface area contributed by atoms with Gasteiger partial charge in [0, 0.05) is 17.0 Å². The van der Waals surface area contributed by atoms with Gasteiger partial charge in [-0.25, -0.2) is 9.59 Å². The molecule has 3 aromatic rings. The lowest BCUT2D eigenvalue weighted by molar-refractivity contribution is -0.145. The molecule has 0 aliphatic carbocycles. The van der Waals surface area contributed by atoms with Crippen LogP contribution in [0.2, 0.25) is 0 Å². The highest BCUT2D eigenvalue weighted by Crippen LogP contribution is 2.26. The van der Waals surface area contributed by atoms with Crippen molar-refractivity contribution >= 4 is 16.9 Å². The molecule has 156 valence electrons. The highest BCUT2D eigenvalue weighted by atomic mass is 16.7. The Morgan fingerprint density at radius 1 is 1.03 bits per heavy atom. The molecule has 30 heavy (non-hydrogen) atoms. The smallest absolute Gasteiger partial charge is 0.344 e. The number of esters is 1. The van der Waals surface area contributed by atoms with E-state index in [0.29, 0.717) is 23.5 Å². The van der Waals surface area contributed by atoms with Crippen molar-refractivity contribution in [1.29, 1.82) is 0 Å². The molecule has 1 heterocycles. The van der Waals surface area contributed by atoms with Crippen molar-refractivity contribution in [3.05, 3.63) is 71.1 Å². The largest absolute Gasteiger partial charge is 0.494 e. The van der Waals surface area contributed by atoms with E-state index in [1.165, 1.54) is 0 Å². The van der Waals surface area contributed by atoms with Gasteiger partial charge in [0.25, 0.3) is 0 Å². The van der Waals surface area contributed by atoms with Crippen molar-refractivity contribution in [1.82, 2.24) is 0 Å². The van der Waals surface area contributed by atoms with E-state index in [1.807, 2.05) is 24.3 Å². The monoisotopic (exact) mass is 408 g/mol. The zero-order chi connectivity index (χ0) is 21.5. The van der Waals surface area contributed by atoms with Crippen LogP contribution in [0.1, 0.15) is 26.7 Å². The summed E-state index contributed by atoms with van der Waals surface area (Å²) in [6.45, 7) is 7.58. The fourth-order valence-electron chi connectivity index (χ4n) is 2.72. The lowest BCUT2D eigenvalue weighted by atomic mass is 10.1. The van der Waals surface area contributed by atoms with E-state index in [1.54, 1.807) is 31.2 Å². The minimum Gasteiger partial charge on any atom is -0.494 e. The zero-order valence-corrected chi connectivity index (χ0v) is 17.1. The molecule has 0 bridgehead atoms. The number of carbonyl (C=O) groups excluding carboxylic acids is 1. The van der Waals surface area contributed by atoms with Crippen LogP contribution in [0.4, 0.5) is 0 Å². The first-order chi connectivity index (χ1) is 14.5. The van der Waals surface area contributed by atoms with Crippen molar-refractivity contribution in [3.63, 3.8) is 0 Å². The Hall–Kier alpha value is -3.54. The highest BCUT2D eigenvalue weighted by molar-refractivity contribution is 5.87. The summed E-state index contributed by atoms with van der Waals surface area (Å²) in [4.78, 5) is 23.9. The summed E-state index contributed by atoms with van der Waals surface area (Å²) >= 11 is 0. The summed E-state index contributed by atoms with van der Waals surface area (Å²) in [5, 5.41) is 0.749. The number of carbonyl (C=O) groups is 1. The molecule has 0 aliphatic rings. The number of unbranched alkanes of at least 4 members (excludes halogenated alkanes) is 1. The van der Waals surface area contributed by atoms with Gasteiger partial charge in [-0.1, -0.05) is 32.1 Å². The van der Waals surface area contributed by atoms with Gasteiger partial charge < -0.3 is 18.6 Å². The first kappa shape index (κ1) is 21.2. The van der Waals surface area contributed by atoms with Crippen LogP contribution >= 0.6 is 0 Å². The SMILES string of the molecule is C=C(C)C(=O)OCOc1ccc2cc(-c3ccc(OCCCC)cc3)c(=O)oc2c1. The molecule has 1 aromatic heterocycles. The van der Waals surface area contributed by atoms with Gasteiger partial charge in [0.05, 0.1) is 12.2 Å². The average Bonchev–Trinajstić information content (AvgIpc) is 2.74. The minimum atomic E-state index is -0.534. The Bertz CT molecular complexity index is 1090.